The lowest BCUT2D eigenvalue weighted by Gasteiger charge is -2.35. The number of carbonyl (C=O) groups excluding carboxylic acids is 2. The van der Waals surface area contributed by atoms with E-state index in [1.807, 2.05) is 62.1 Å². The minimum atomic E-state index is -0.116. The second kappa shape index (κ2) is 10.5. The molecule has 8 heteroatoms. The molecule has 0 aliphatic carbocycles. The molecule has 0 saturated carbocycles. The molecule has 2 heterocycles. The Balaban J connectivity index is 1.38. The predicted molar refractivity (Wildman–Crippen MR) is 136 cm³/mol. The minimum absolute atomic E-state index is 0.00135. The number of aromatic hydroxyl groups is 1. The van der Waals surface area contributed by atoms with Crippen molar-refractivity contribution in [1.82, 2.24) is 20.0 Å². The molecule has 1 aliphatic rings. The summed E-state index contributed by atoms with van der Waals surface area (Å²) in [5, 5.41) is 18.2. The van der Waals surface area contributed by atoms with E-state index in [1.54, 1.807) is 23.1 Å². The van der Waals surface area contributed by atoms with Gasteiger partial charge in [-0.15, -0.1) is 10.2 Å². The molecule has 1 N–H and O–H groups in total. The van der Waals surface area contributed by atoms with Gasteiger partial charge in [0.05, 0.1) is 0 Å². The summed E-state index contributed by atoms with van der Waals surface area (Å²) in [6.07, 6.45) is 0. The lowest BCUT2D eigenvalue weighted by atomic mass is 9.98. The first-order valence-corrected chi connectivity index (χ1v) is 12.0. The van der Waals surface area contributed by atoms with E-state index in [0.29, 0.717) is 56.3 Å². The maximum absolute atomic E-state index is 13.1. The van der Waals surface area contributed by atoms with Gasteiger partial charge in [0.2, 0.25) is 0 Å². The first-order chi connectivity index (χ1) is 16.9. The van der Waals surface area contributed by atoms with Gasteiger partial charge >= 0.3 is 0 Å². The first kappa shape index (κ1) is 24.2. The van der Waals surface area contributed by atoms with Crippen molar-refractivity contribution in [1.29, 1.82) is 0 Å². The number of piperazine rings is 1. The van der Waals surface area contributed by atoms with Crippen LogP contribution in [0, 0.1) is 6.92 Å². The van der Waals surface area contributed by atoms with E-state index >= 15 is 0 Å². The maximum Gasteiger partial charge on any atom is 0.274 e. The van der Waals surface area contributed by atoms with Gasteiger partial charge in [-0.1, -0.05) is 18.2 Å². The summed E-state index contributed by atoms with van der Waals surface area (Å²) in [5.41, 5.74) is 3.88. The van der Waals surface area contributed by atoms with Crippen molar-refractivity contribution in [3.05, 3.63) is 71.4 Å². The number of carbonyl (C=O) groups is 2. The van der Waals surface area contributed by atoms with Gasteiger partial charge in [0.25, 0.3) is 11.8 Å². The summed E-state index contributed by atoms with van der Waals surface area (Å²) in [6, 6.07) is 16.3. The number of benzene rings is 2. The fraction of sp³-hybridized carbons (Fsp3) is 0.333. The maximum atomic E-state index is 13.1. The van der Waals surface area contributed by atoms with E-state index in [0.717, 1.165) is 16.7 Å². The first-order valence-electron chi connectivity index (χ1n) is 12.0. The van der Waals surface area contributed by atoms with E-state index in [1.165, 1.54) is 0 Å². The summed E-state index contributed by atoms with van der Waals surface area (Å²) in [7, 11) is 0. The Kier molecular flexibility index (Phi) is 7.29. The molecule has 0 radical (unpaired) electrons. The van der Waals surface area contributed by atoms with E-state index < -0.39 is 0 Å². The number of anilines is 1. The van der Waals surface area contributed by atoms with Gasteiger partial charge < -0.3 is 19.8 Å². The van der Waals surface area contributed by atoms with Crippen LogP contribution in [0.1, 0.15) is 40.3 Å². The second-order valence-electron chi connectivity index (χ2n) is 8.61. The topological polar surface area (TPSA) is 89.9 Å². The lowest BCUT2D eigenvalue weighted by Crippen LogP contribution is -2.49. The Labute approximate surface area is 205 Å². The largest absolute Gasteiger partial charge is 0.508 e. The highest BCUT2D eigenvalue weighted by atomic mass is 16.3. The Bertz CT molecular complexity index is 1200. The van der Waals surface area contributed by atoms with Gasteiger partial charge in [-0.3, -0.25) is 9.59 Å². The molecule has 4 rings (SSSR count). The van der Waals surface area contributed by atoms with Crippen LogP contribution in [-0.2, 0) is 0 Å². The van der Waals surface area contributed by atoms with Crippen LogP contribution in [0.2, 0.25) is 0 Å². The standard InChI is InChI=1S/C27H31N5O3/c1-4-30(5-2)27(35)24-11-12-25(29-28-24)31-13-15-32(16-14-31)26(34)21-9-10-23(19(3)17-21)20-7-6-8-22(33)18-20/h6-12,17-18,33H,4-5,13-16H2,1-3H3. The van der Waals surface area contributed by atoms with E-state index in [-0.39, 0.29) is 17.6 Å². The van der Waals surface area contributed by atoms with Crippen LogP contribution in [0.5, 0.6) is 5.75 Å². The fourth-order valence-corrected chi connectivity index (χ4v) is 4.40. The average Bonchev–Trinajstić information content (AvgIpc) is 2.89. The molecule has 182 valence electrons. The smallest absolute Gasteiger partial charge is 0.274 e. The highest BCUT2D eigenvalue weighted by Gasteiger charge is 2.24. The quantitative estimate of drug-likeness (QED) is 0.588. The number of amides is 2. The number of aryl methyl sites for hydroxylation is 1. The molecule has 8 nitrogen and oxygen atoms in total. The summed E-state index contributed by atoms with van der Waals surface area (Å²) in [6.45, 7) is 9.56. The zero-order chi connectivity index (χ0) is 24.9. The number of rotatable bonds is 6. The molecule has 2 amide bonds. The summed E-state index contributed by atoms with van der Waals surface area (Å²) < 4.78 is 0. The average molecular weight is 474 g/mol. The Hall–Kier alpha value is -3.94. The minimum Gasteiger partial charge on any atom is -0.508 e. The van der Waals surface area contributed by atoms with Crippen LogP contribution >= 0.6 is 0 Å². The van der Waals surface area contributed by atoms with Crippen molar-refractivity contribution in [3.8, 4) is 16.9 Å². The van der Waals surface area contributed by atoms with Crippen molar-refractivity contribution < 1.29 is 14.7 Å². The van der Waals surface area contributed by atoms with Gasteiger partial charge in [0.15, 0.2) is 11.5 Å². The van der Waals surface area contributed by atoms with Gasteiger partial charge in [-0.05, 0) is 73.9 Å². The number of phenolic OH excluding ortho intramolecular Hbond substituents is 1. The molecule has 3 aromatic rings. The van der Waals surface area contributed by atoms with E-state index in [2.05, 4.69) is 15.1 Å². The van der Waals surface area contributed by atoms with Crippen LogP contribution in [0.4, 0.5) is 5.82 Å². The second-order valence-corrected chi connectivity index (χ2v) is 8.61. The molecule has 2 aromatic carbocycles. The van der Waals surface area contributed by atoms with Gasteiger partial charge in [-0.2, -0.15) is 0 Å². The summed E-state index contributed by atoms with van der Waals surface area (Å²) in [4.78, 5) is 31.2. The number of nitrogens with zero attached hydrogens (tertiary/aromatic N) is 5. The van der Waals surface area contributed by atoms with Crippen LogP contribution < -0.4 is 4.90 Å². The third-order valence-electron chi connectivity index (χ3n) is 6.44. The van der Waals surface area contributed by atoms with Crippen molar-refractivity contribution in [2.45, 2.75) is 20.8 Å². The molecule has 1 fully saturated rings. The number of phenols is 1. The van der Waals surface area contributed by atoms with E-state index in [4.69, 9.17) is 0 Å². The third kappa shape index (κ3) is 5.26. The SMILES string of the molecule is CCN(CC)C(=O)c1ccc(N2CCN(C(=O)c3ccc(-c4cccc(O)c4)c(C)c3)CC2)nn1. The monoisotopic (exact) mass is 473 g/mol. The molecule has 1 aliphatic heterocycles. The molecular weight excluding hydrogens is 442 g/mol. The zero-order valence-corrected chi connectivity index (χ0v) is 20.4. The van der Waals surface area contributed by atoms with Crippen molar-refractivity contribution in [3.63, 3.8) is 0 Å². The van der Waals surface area contributed by atoms with Gasteiger partial charge in [0.1, 0.15) is 5.75 Å². The molecule has 0 spiro atoms. The third-order valence-corrected chi connectivity index (χ3v) is 6.44. The molecular formula is C27H31N5O3. The fourth-order valence-electron chi connectivity index (χ4n) is 4.40. The van der Waals surface area contributed by atoms with Crippen LogP contribution in [-0.4, -0.2) is 76.2 Å². The van der Waals surface area contributed by atoms with Crippen molar-refractivity contribution >= 4 is 17.6 Å². The van der Waals surface area contributed by atoms with Crippen molar-refractivity contribution in [2.75, 3.05) is 44.2 Å². The number of aromatic nitrogens is 2. The molecule has 0 bridgehead atoms. The molecule has 0 unspecified atom stereocenters. The summed E-state index contributed by atoms with van der Waals surface area (Å²) in [5.74, 6) is 0.811. The van der Waals surface area contributed by atoms with Crippen LogP contribution in [0.3, 0.4) is 0 Å². The van der Waals surface area contributed by atoms with Gasteiger partial charge in [0, 0.05) is 44.8 Å². The normalized spacial score (nSPS) is 13.6. The van der Waals surface area contributed by atoms with Crippen LogP contribution in [0.25, 0.3) is 11.1 Å². The molecule has 35 heavy (non-hydrogen) atoms. The Morgan fingerprint density at radius 1 is 0.943 bits per heavy atom. The Morgan fingerprint density at radius 3 is 2.29 bits per heavy atom. The highest BCUT2D eigenvalue weighted by Crippen LogP contribution is 2.27. The van der Waals surface area contributed by atoms with E-state index in [9.17, 15) is 14.7 Å². The van der Waals surface area contributed by atoms with Gasteiger partial charge in [-0.25, -0.2) is 0 Å². The molecule has 0 atom stereocenters. The Morgan fingerprint density at radius 2 is 1.69 bits per heavy atom. The zero-order valence-electron chi connectivity index (χ0n) is 20.4. The number of hydrogen-bond acceptors (Lipinski definition) is 6. The number of hydrogen-bond donors (Lipinski definition) is 1. The van der Waals surface area contributed by atoms with Crippen molar-refractivity contribution in [2.24, 2.45) is 0 Å². The lowest BCUT2D eigenvalue weighted by molar-refractivity contribution is 0.0742. The molecule has 1 aromatic heterocycles. The summed E-state index contributed by atoms with van der Waals surface area (Å²) >= 11 is 0. The highest BCUT2D eigenvalue weighted by molar-refractivity contribution is 5.95. The predicted octanol–water partition coefficient (Wildman–Crippen LogP) is 3.60. The molecule has 1 saturated heterocycles. The van der Waals surface area contributed by atoms with Crippen LogP contribution in [0.15, 0.2) is 54.6 Å².